The van der Waals surface area contributed by atoms with Gasteiger partial charge in [0.15, 0.2) is 0 Å². The highest BCUT2D eigenvalue weighted by atomic mass is 35.5. The lowest BCUT2D eigenvalue weighted by Gasteiger charge is -2.46. The number of nitrogens with one attached hydrogen (secondary N) is 1. The minimum atomic E-state index is -2.85. The van der Waals surface area contributed by atoms with Gasteiger partial charge in [-0.1, -0.05) is 24.6 Å². The van der Waals surface area contributed by atoms with Gasteiger partial charge in [0, 0.05) is 34.3 Å². The summed E-state index contributed by atoms with van der Waals surface area (Å²) in [5, 5.41) is 11.8. The van der Waals surface area contributed by atoms with Crippen LogP contribution in [0.15, 0.2) is 36.4 Å². The first kappa shape index (κ1) is 28.9. The Hall–Kier alpha value is -2.22. The molecule has 1 fully saturated rings. The number of carbonyl (C=O) groups is 1. The highest BCUT2D eigenvalue weighted by Gasteiger charge is 2.44. The van der Waals surface area contributed by atoms with Crippen LogP contribution in [0.4, 0.5) is 5.69 Å². The first-order chi connectivity index (χ1) is 19.5. The van der Waals surface area contributed by atoms with Crippen molar-refractivity contribution in [2.45, 2.75) is 82.0 Å². The van der Waals surface area contributed by atoms with Crippen molar-refractivity contribution in [3.05, 3.63) is 58.1 Å². The maximum atomic E-state index is 13.5. The number of nitrogens with zero attached hydrogens (tertiary/aromatic N) is 1. The minimum Gasteiger partial charge on any atom is -0.490 e. The molecule has 0 saturated heterocycles. The Morgan fingerprint density at radius 2 is 1.98 bits per heavy atom. The van der Waals surface area contributed by atoms with E-state index in [9.17, 15) is 14.1 Å². The summed E-state index contributed by atoms with van der Waals surface area (Å²) in [4.78, 5) is 15.8. The molecule has 6 rings (SSSR count). The van der Waals surface area contributed by atoms with Crippen molar-refractivity contribution in [3.8, 4) is 5.75 Å². The van der Waals surface area contributed by atoms with Crippen molar-refractivity contribution in [2.24, 2.45) is 17.8 Å². The van der Waals surface area contributed by atoms with E-state index in [2.05, 4.69) is 34.5 Å². The Balaban J connectivity index is 1.41. The summed E-state index contributed by atoms with van der Waals surface area (Å²) in [6.07, 6.45) is 7.11. The quantitative estimate of drug-likeness (QED) is 0.377. The third kappa shape index (κ3) is 5.62. The molecule has 2 N–H and O–H groups in total. The molecule has 0 radical (unpaired) electrons. The topological polar surface area (TPSA) is 78.9 Å². The van der Waals surface area contributed by atoms with Gasteiger partial charge in [-0.15, -0.1) is 0 Å². The molecule has 2 aromatic rings. The Labute approximate surface area is 249 Å². The standard InChI is InChI=1S/C33H43ClN2O4S/c1-21-6-7-22(2)41(3,39)35-32(38)24-9-13-31-29(17-24)36(18-25-8-11-27(25)30(37)15-21)19-33(20-40-31)14-4-5-23-16-26(34)10-12-28(23)33/h9-10,12-13,16-17,21-22,25,27,30,37H,3-8,11,14-15,18-20H2,1-2H3,(H,35,38,39)/t21-,22+,25-,27+,30-,33-,41?/m0/s1. The molecule has 41 heavy (non-hydrogen) atoms. The van der Waals surface area contributed by atoms with E-state index in [1.165, 1.54) is 11.1 Å². The van der Waals surface area contributed by atoms with Gasteiger partial charge in [0.25, 0.3) is 5.91 Å². The summed E-state index contributed by atoms with van der Waals surface area (Å²) in [6.45, 7) is 6.17. The lowest BCUT2D eigenvalue weighted by molar-refractivity contribution is 0.00130. The molecule has 0 aromatic heterocycles. The SMILES string of the molecule is C=S1(=O)NC(=O)c2ccc3c(c2)N(C[C@@H]2CC[C@H]2[C@@H](O)C[C@@H](C)CC[C@H]1C)C[C@@]1(CCCc2cc(Cl)ccc21)CO3. The van der Waals surface area contributed by atoms with Crippen LogP contribution in [0.25, 0.3) is 0 Å². The van der Waals surface area contributed by atoms with Crippen molar-refractivity contribution in [1.82, 2.24) is 4.72 Å². The molecule has 2 bridgehead atoms. The van der Waals surface area contributed by atoms with Crippen LogP contribution in [0.1, 0.15) is 80.3 Å². The molecular formula is C33H43ClN2O4S. The summed E-state index contributed by atoms with van der Waals surface area (Å²) in [5.74, 6) is 5.25. The number of fused-ring (bicyclic) bond motifs is 4. The first-order valence-electron chi connectivity index (χ1n) is 15.2. The van der Waals surface area contributed by atoms with E-state index in [0.29, 0.717) is 30.4 Å². The number of ether oxygens (including phenoxy) is 1. The van der Waals surface area contributed by atoms with Crippen LogP contribution in [0.3, 0.4) is 0 Å². The van der Waals surface area contributed by atoms with Crippen molar-refractivity contribution in [3.63, 3.8) is 0 Å². The summed E-state index contributed by atoms with van der Waals surface area (Å²) in [5.41, 5.74) is 3.73. The Morgan fingerprint density at radius 3 is 2.76 bits per heavy atom. The number of aliphatic hydroxyl groups excluding tert-OH is 1. The number of rotatable bonds is 0. The molecule has 7 atom stereocenters. The van der Waals surface area contributed by atoms with Gasteiger partial charge in [0.2, 0.25) is 0 Å². The molecule has 1 spiro atoms. The Kier molecular flexibility index (Phi) is 7.84. The molecular weight excluding hydrogens is 556 g/mol. The highest BCUT2D eigenvalue weighted by Crippen LogP contribution is 2.47. The van der Waals surface area contributed by atoms with Gasteiger partial charge in [0.05, 0.1) is 28.1 Å². The lowest BCUT2D eigenvalue weighted by Crippen LogP contribution is -2.49. The van der Waals surface area contributed by atoms with E-state index >= 15 is 0 Å². The van der Waals surface area contributed by atoms with Crippen molar-refractivity contribution in [2.75, 3.05) is 24.6 Å². The van der Waals surface area contributed by atoms with Crippen LogP contribution in [0.2, 0.25) is 5.02 Å². The lowest BCUT2D eigenvalue weighted by atomic mass is 9.67. The molecule has 2 aliphatic carbocycles. The summed E-state index contributed by atoms with van der Waals surface area (Å²) in [6, 6.07) is 11.8. The van der Waals surface area contributed by atoms with Gasteiger partial charge in [0.1, 0.15) is 5.75 Å². The zero-order chi connectivity index (χ0) is 28.9. The van der Waals surface area contributed by atoms with Gasteiger partial charge in [-0.05, 0) is 123 Å². The molecule has 1 saturated carbocycles. The second kappa shape index (κ2) is 11.1. The fourth-order valence-corrected chi connectivity index (χ4v) is 8.94. The molecule has 2 aliphatic heterocycles. The minimum absolute atomic E-state index is 0.204. The third-order valence-electron chi connectivity index (χ3n) is 10.4. The number of amides is 1. The predicted octanol–water partition coefficient (Wildman–Crippen LogP) is 5.77. The Morgan fingerprint density at radius 1 is 1.15 bits per heavy atom. The molecule has 1 unspecified atom stereocenters. The van der Waals surface area contributed by atoms with Gasteiger partial charge in [-0.3, -0.25) is 9.52 Å². The van der Waals surface area contributed by atoms with E-state index in [4.69, 9.17) is 16.3 Å². The summed E-state index contributed by atoms with van der Waals surface area (Å²) in [7, 11) is -2.85. The smallest absolute Gasteiger partial charge is 0.262 e. The van der Waals surface area contributed by atoms with E-state index in [0.717, 1.165) is 74.5 Å². The third-order valence-corrected chi connectivity index (χ3v) is 12.7. The number of hydrogen-bond donors (Lipinski definition) is 2. The van der Waals surface area contributed by atoms with Crippen molar-refractivity contribution < 1.29 is 18.8 Å². The zero-order valence-electron chi connectivity index (χ0n) is 24.2. The van der Waals surface area contributed by atoms with E-state index in [1.807, 2.05) is 25.1 Å². The number of benzene rings is 2. The van der Waals surface area contributed by atoms with Crippen LogP contribution >= 0.6 is 11.6 Å². The normalized spacial score (nSPS) is 35.8. The van der Waals surface area contributed by atoms with Crippen molar-refractivity contribution >= 4 is 38.8 Å². The fraction of sp³-hybridized carbons (Fsp3) is 0.576. The molecule has 6 nitrogen and oxygen atoms in total. The van der Waals surface area contributed by atoms with Crippen LogP contribution in [-0.2, 0) is 21.5 Å². The largest absolute Gasteiger partial charge is 0.490 e. The molecule has 2 heterocycles. The Bertz CT molecular complexity index is 1430. The predicted molar refractivity (Wildman–Crippen MR) is 168 cm³/mol. The fourth-order valence-electron chi connectivity index (χ4n) is 7.60. The maximum absolute atomic E-state index is 13.5. The molecule has 222 valence electrons. The second-order valence-electron chi connectivity index (χ2n) is 13.2. The van der Waals surface area contributed by atoms with Gasteiger partial charge in [-0.25, -0.2) is 4.21 Å². The average molecular weight is 599 g/mol. The molecule has 4 aliphatic rings. The second-order valence-corrected chi connectivity index (χ2v) is 16.1. The van der Waals surface area contributed by atoms with Crippen LogP contribution in [0.5, 0.6) is 5.75 Å². The summed E-state index contributed by atoms with van der Waals surface area (Å²) >= 11 is 6.40. The zero-order valence-corrected chi connectivity index (χ0v) is 25.8. The highest BCUT2D eigenvalue weighted by molar-refractivity contribution is 7.99. The summed E-state index contributed by atoms with van der Waals surface area (Å²) < 4.78 is 22.8. The molecule has 1 amide bonds. The van der Waals surface area contributed by atoms with Gasteiger partial charge in [-0.2, -0.15) is 0 Å². The van der Waals surface area contributed by atoms with Crippen LogP contribution in [0, 0.1) is 17.8 Å². The van der Waals surface area contributed by atoms with Gasteiger partial charge >= 0.3 is 0 Å². The number of aryl methyl sites for hydroxylation is 1. The monoisotopic (exact) mass is 598 g/mol. The number of hydrogen-bond acceptors (Lipinski definition) is 5. The number of carbonyl (C=O) groups excluding carboxylic acids is 1. The van der Waals surface area contributed by atoms with Crippen LogP contribution < -0.4 is 14.4 Å². The van der Waals surface area contributed by atoms with E-state index < -0.39 is 9.71 Å². The van der Waals surface area contributed by atoms with E-state index in [-0.39, 0.29) is 28.6 Å². The number of anilines is 1. The van der Waals surface area contributed by atoms with E-state index in [1.54, 1.807) is 6.07 Å². The number of halogens is 1. The number of aliphatic hydroxyl groups is 1. The van der Waals surface area contributed by atoms with Gasteiger partial charge < -0.3 is 14.7 Å². The van der Waals surface area contributed by atoms with Crippen molar-refractivity contribution in [1.29, 1.82) is 0 Å². The van der Waals surface area contributed by atoms with Crippen LogP contribution in [-0.4, -0.2) is 52.1 Å². The maximum Gasteiger partial charge on any atom is 0.262 e. The molecule has 8 heteroatoms. The average Bonchev–Trinajstić information content (AvgIpc) is 3.05. The first-order valence-corrected chi connectivity index (χ1v) is 17.4. The molecule has 2 aromatic carbocycles.